The van der Waals surface area contributed by atoms with Gasteiger partial charge in [-0.25, -0.2) is 0 Å². The maximum Gasteiger partial charge on any atom is 0.316 e. The van der Waals surface area contributed by atoms with Gasteiger partial charge in [-0.1, -0.05) is 25.1 Å². The SMILES string of the molecule is C.CC(=O)C#N.CCOC(=O)C1CCSCCC1=O.CO.COc1ccc(C)cc1.COc1ccc(N/N=C2\CCSCCC2=O)cc1.COc1ccc2[nH]c3c(c2c1)CSCC(C(C)=O)=C3O.COc1ccc2[nH]c3c(c2c1)CSCCC3=O.COc1ccc2[nH]c3c(c2c1)CSCc1c-3n[nH]c1C.O=C1CCSCC1.[Cl-]. The molecule has 30 heteroatoms. The number of benzene rings is 5. The lowest BCUT2D eigenvalue weighted by Gasteiger charge is -2.10. The van der Waals surface area contributed by atoms with E-state index in [4.69, 9.17) is 38.8 Å². The van der Waals surface area contributed by atoms with Crippen LogP contribution in [0.4, 0.5) is 5.69 Å². The van der Waals surface area contributed by atoms with Crippen molar-refractivity contribution < 1.29 is 84.6 Å². The molecule has 15 rings (SSSR count). The number of anilines is 1. The number of nitrogens with one attached hydrogen (secondary N) is 5. The Morgan fingerprint density at radius 1 is 0.558 bits per heavy atom. The first-order chi connectivity index (χ1) is 53.7. The normalized spacial score (nSPS) is 15.6. The highest BCUT2D eigenvalue weighted by Gasteiger charge is 2.30. The monoisotopic (exact) mass is 1680 g/mol. The van der Waals surface area contributed by atoms with Crippen molar-refractivity contribution >= 4 is 161 Å². The number of aliphatic hydroxyl groups excluding tert-OH is 2. The number of rotatable bonds is 10. The summed E-state index contributed by atoms with van der Waals surface area (Å²) >= 11 is 10.8. The lowest BCUT2D eigenvalue weighted by atomic mass is 10.00. The average molecular weight is 1680 g/mol. The van der Waals surface area contributed by atoms with Gasteiger partial charge in [0.2, 0.25) is 5.78 Å². The van der Waals surface area contributed by atoms with Gasteiger partial charge >= 0.3 is 5.97 Å². The summed E-state index contributed by atoms with van der Waals surface area (Å²) in [4.78, 5) is 87.9. The predicted molar refractivity (Wildman–Crippen MR) is 461 cm³/mol. The van der Waals surface area contributed by atoms with Crippen LogP contribution in [-0.2, 0) is 56.5 Å². The third-order valence-corrected chi connectivity index (χ3v) is 23.7. The van der Waals surface area contributed by atoms with Crippen LogP contribution in [0.3, 0.4) is 0 Å². The van der Waals surface area contributed by atoms with Crippen LogP contribution in [-0.4, -0.2) is 177 Å². The maximum absolute atomic E-state index is 12.0. The second-order valence-electron chi connectivity index (χ2n) is 25.1. The van der Waals surface area contributed by atoms with Crippen molar-refractivity contribution in [1.29, 1.82) is 5.26 Å². The van der Waals surface area contributed by atoms with Gasteiger partial charge in [-0.3, -0.25) is 44.1 Å². The number of ether oxygens (including phenoxy) is 6. The van der Waals surface area contributed by atoms with E-state index in [2.05, 4.69) is 61.7 Å². The first kappa shape index (κ1) is 94.9. The van der Waals surface area contributed by atoms with Crippen LogP contribution < -0.4 is 41.5 Å². The van der Waals surface area contributed by atoms with E-state index in [0.717, 1.165) is 185 Å². The van der Waals surface area contributed by atoms with E-state index in [9.17, 15) is 38.7 Å². The molecule has 0 aliphatic carbocycles. The molecule has 6 aliphatic heterocycles. The summed E-state index contributed by atoms with van der Waals surface area (Å²) < 4.78 is 30.7. The molecule has 23 nitrogen and oxygen atoms in total. The van der Waals surface area contributed by atoms with Crippen LogP contribution in [0.15, 0.2) is 114 Å². The molecule has 1 atom stereocenters. The molecule has 10 heterocycles. The number of H-pyrrole nitrogens is 4. The standard InChI is InChI=1S/C15H15N3OS.C15H15NO3S.C13H16N2O2S.C13H13NO2S.C9H14O3S.C8H10O.C5H8OS.C3H3NO.CH4O.CH4.ClH/c1-8-11-6-20-7-12-10-5-9(19-2)3-4-13(10)16-14(12)15(11)18-17-8;1-8(17)11-6-20-7-12-10-5-9(19-2)3-4-13(10)16-14(12)15(11)18;1-17-11-4-2-10(3-5-11)14-15-12-6-8-18-9-7-13(12)16;1-16-8-2-3-11-9(6-8)10-7-17-5-4-12(15)13(10)14-11;1-2-12-9(11)7-3-5-13-6-4-8(7)10;1-7-3-5-8(9-2)6-4-7;6-5-1-3-7-4-2-5;1-3(5)2-4;1-2;;/h3-5,16H,6-7H2,1-2H3,(H,17,18);3-5,16,18H,6-7H2,1-2H3;2-5,14H,6-9H2,1H3;2-3,6,14H,4-5,7H2,1H3;7H,2-6H2,1H3;3-6H,1-2H3;1-4H2;1H3;2H,1H3;1H4;1H/p-1/b;;15-12+;;;;;;;;. The number of nitriles is 1. The summed E-state index contributed by atoms with van der Waals surface area (Å²) in [5, 5.41) is 40.1. The Morgan fingerprint density at radius 3 is 1.50 bits per heavy atom. The molecule has 3 saturated heterocycles. The van der Waals surface area contributed by atoms with Gasteiger partial charge in [-0.2, -0.15) is 86.0 Å². The second-order valence-corrected chi connectivity index (χ2v) is 31.9. The molecule has 9 aromatic rings. The molecule has 0 bridgehead atoms. The number of carbonyl (C=O) groups excluding carboxylic acids is 7. The molecule has 4 aromatic heterocycles. The number of aliphatic hydroxyl groups is 2. The van der Waals surface area contributed by atoms with Crippen molar-refractivity contribution in [3.8, 4) is 46.2 Å². The minimum Gasteiger partial charge on any atom is -1.00 e. The molecule has 5 aromatic carbocycles. The molecule has 0 saturated carbocycles. The number of halogens is 1. The van der Waals surface area contributed by atoms with Crippen LogP contribution in [0.25, 0.3) is 49.9 Å². The zero-order chi connectivity index (χ0) is 80.4. The van der Waals surface area contributed by atoms with Gasteiger partial charge in [0, 0.05) is 160 Å². The number of aromatic amines is 4. The first-order valence-corrected chi connectivity index (χ1v) is 42.9. The highest BCUT2D eigenvalue weighted by molar-refractivity contribution is 8.00. The number of fused-ring (bicyclic) bond motifs is 11. The molecule has 0 radical (unpaired) electrons. The minimum absolute atomic E-state index is 0. The Balaban J connectivity index is 0.000000236. The van der Waals surface area contributed by atoms with Crippen LogP contribution in [0, 0.1) is 31.1 Å². The van der Waals surface area contributed by atoms with Gasteiger partial charge < -0.3 is 66.0 Å². The number of aryl methyl sites for hydroxylation is 2. The number of nitrogens with zero attached hydrogens (tertiary/aromatic N) is 3. The van der Waals surface area contributed by atoms with Crippen molar-refractivity contribution in [3.05, 3.63) is 154 Å². The Hall–Kier alpha value is -8.73. The number of methoxy groups -OCH3 is 5. The molecular weight excluding hydrogens is 1580 g/mol. The van der Waals surface area contributed by atoms with Gasteiger partial charge in [-0.05, 0) is 153 Å². The van der Waals surface area contributed by atoms with E-state index >= 15 is 0 Å². The highest BCUT2D eigenvalue weighted by Crippen LogP contribution is 2.42. The fourth-order valence-corrected chi connectivity index (χ4v) is 17.7. The van der Waals surface area contributed by atoms with Crippen LogP contribution >= 0.6 is 70.6 Å². The number of carbonyl (C=O) groups is 7. The predicted octanol–water partition coefficient (Wildman–Crippen LogP) is 14.2. The van der Waals surface area contributed by atoms with Gasteiger partial charge in [0.05, 0.1) is 64.9 Å². The highest BCUT2D eigenvalue weighted by atomic mass is 35.5. The lowest BCUT2D eigenvalue weighted by molar-refractivity contribution is -0.151. The lowest BCUT2D eigenvalue weighted by Crippen LogP contribution is -3.00. The first-order valence-electron chi connectivity index (χ1n) is 35.9. The largest absolute Gasteiger partial charge is 1.00 e. The molecule has 7 N–H and O–H groups in total. The third kappa shape index (κ3) is 28.1. The van der Waals surface area contributed by atoms with E-state index < -0.39 is 11.7 Å². The average Bonchev–Trinajstić information content (AvgIpc) is 1.62. The van der Waals surface area contributed by atoms with E-state index in [1.165, 1.54) is 42.0 Å². The Kier molecular flexibility index (Phi) is 41.8. The molecule has 1 unspecified atom stereocenters. The molecule has 113 heavy (non-hydrogen) atoms. The number of ketones is 6. The summed E-state index contributed by atoms with van der Waals surface area (Å²) in [5.41, 5.74) is 18.9. The number of hydrazone groups is 1. The molecular formula is C83H102ClN8O15S6-. The third-order valence-electron chi connectivity index (χ3n) is 17.7. The van der Waals surface area contributed by atoms with E-state index in [0.29, 0.717) is 60.8 Å². The second kappa shape index (κ2) is 49.8. The van der Waals surface area contributed by atoms with Crippen LogP contribution in [0.5, 0.6) is 28.7 Å². The molecule has 0 amide bonds. The van der Waals surface area contributed by atoms with Crippen molar-refractivity contribution in [1.82, 2.24) is 25.1 Å². The topological polar surface area (TPSA) is 340 Å². The molecule has 6 aliphatic rings. The van der Waals surface area contributed by atoms with E-state index in [1.54, 1.807) is 77.8 Å². The summed E-state index contributed by atoms with van der Waals surface area (Å²) in [5.74, 6) is 14.6. The van der Waals surface area contributed by atoms with Gasteiger partial charge in [0.25, 0.3) is 0 Å². The smallest absolute Gasteiger partial charge is 0.316 e. The molecule has 3 fully saturated rings. The number of Topliss-reactive ketones (excluding diaryl/α,β-unsaturated/α-hetero) is 6. The van der Waals surface area contributed by atoms with Gasteiger partial charge in [0.1, 0.15) is 69.5 Å². The summed E-state index contributed by atoms with van der Waals surface area (Å²) in [6.07, 6.45) is 4.73. The van der Waals surface area contributed by atoms with Crippen molar-refractivity contribution in [2.24, 2.45) is 11.0 Å². The number of hydrogen-bond donors (Lipinski definition) is 7. The van der Waals surface area contributed by atoms with Crippen LogP contribution in [0.2, 0.25) is 0 Å². The molecule has 0 spiro atoms. The van der Waals surface area contributed by atoms with Crippen LogP contribution in [0.1, 0.15) is 123 Å². The zero-order valence-electron chi connectivity index (χ0n) is 64.9. The van der Waals surface area contributed by atoms with E-state index in [1.807, 2.05) is 126 Å². The fraction of sp³-hybridized carbons (Fsp3) is 0.398. The number of esters is 1. The Bertz CT molecular complexity index is 4730. The maximum atomic E-state index is 12.0. The summed E-state index contributed by atoms with van der Waals surface area (Å²) in [6.45, 7) is 8.97. The fourth-order valence-electron chi connectivity index (χ4n) is 11.7. The minimum atomic E-state index is -0.491. The van der Waals surface area contributed by atoms with Gasteiger partial charge in [-0.15, -0.1) is 0 Å². The Morgan fingerprint density at radius 2 is 0.991 bits per heavy atom. The van der Waals surface area contributed by atoms with Crippen molar-refractivity contribution in [2.75, 3.05) is 101 Å². The van der Waals surface area contributed by atoms with Crippen molar-refractivity contribution in [2.45, 2.75) is 110 Å². The number of hydrogen-bond acceptors (Lipinski definition) is 25. The van der Waals surface area contributed by atoms with Crippen molar-refractivity contribution in [3.63, 3.8) is 0 Å². The van der Waals surface area contributed by atoms with Gasteiger partial charge in [0.15, 0.2) is 17.3 Å². The van der Waals surface area contributed by atoms with E-state index in [-0.39, 0.29) is 54.7 Å². The summed E-state index contributed by atoms with van der Waals surface area (Å²) in [6, 6.07) is 34.6. The quantitative estimate of drug-likeness (QED) is 0.0289. The number of thioether (sulfide) groups is 6. The zero-order valence-corrected chi connectivity index (χ0v) is 70.6. The molecule has 608 valence electrons. The Labute approximate surface area is 692 Å². The summed E-state index contributed by atoms with van der Waals surface area (Å²) in [7, 11) is 9.30. The number of aromatic nitrogens is 5.